The Labute approximate surface area is 111 Å². The maximum Gasteiger partial charge on any atom is 0.126 e. The average Bonchev–Trinajstić information content (AvgIpc) is 2.25. The number of nitrogens with zero attached hydrogens (tertiary/aromatic N) is 1. The zero-order chi connectivity index (χ0) is 12.9. The van der Waals surface area contributed by atoms with Crippen molar-refractivity contribution in [3.05, 3.63) is 35.0 Å². The van der Waals surface area contributed by atoms with E-state index in [4.69, 9.17) is 21.3 Å². The van der Waals surface area contributed by atoms with Crippen molar-refractivity contribution in [3.8, 4) is 0 Å². The summed E-state index contributed by atoms with van der Waals surface area (Å²) >= 11 is 6.01. The first-order valence-corrected chi connectivity index (χ1v) is 6.39. The van der Waals surface area contributed by atoms with E-state index in [1.165, 1.54) is 0 Å². The van der Waals surface area contributed by atoms with Crippen molar-refractivity contribution in [2.24, 2.45) is 0 Å². The van der Waals surface area contributed by atoms with Crippen LogP contribution in [0, 0.1) is 0 Å². The van der Waals surface area contributed by atoms with E-state index in [1.807, 2.05) is 39.0 Å². The van der Waals surface area contributed by atoms with Crippen LogP contribution in [0.4, 0.5) is 5.69 Å². The molecule has 0 saturated heterocycles. The number of hydrogen-bond donors (Lipinski definition) is 1. The fraction of sp³-hybridized carbons (Fsp3) is 0.357. The van der Waals surface area contributed by atoms with Gasteiger partial charge in [0.1, 0.15) is 11.8 Å². The predicted octanol–water partition coefficient (Wildman–Crippen LogP) is 3.91. The van der Waals surface area contributed by atoms with Crippen LogP contribution in [0.15, 0.2) is 24.3 Å². The second-order valence-corrected chi connectivity index (χ2v) is 5.57. The Hall–Kier alpha value is -1.32. The minimum atomic E-state index is -0.381. The van der Waals surface area contributed by atoms with Crippen molar-refractivity contribution in [2.75, 3.05) is 5.32 Å². The van der Waals surface area contributed by atoms with Crippen LogP contribution in [0.5, 0.6) is 0 Å². The zero-order valence-electron chi connectivity index (χ0n) is 10.6. The molecule has 0 aliphatic carbocycles. The largest absolute Gasteiger partial charge is 0.359 e. The van der Waals surface area contributed by atoms with Crippen LogP contribution in [-0.2, 0) is 10.3 Å². The van der Waals surface area contributed by atoms with Crippen LogP contribution in [0.25, 0.3) is 10.9 Å². The molecular formula is C14H15ClN2O. The van der Waals surface area contributed by atoms with Crippen molar-refractivity contribution in [1.82, 2.24) is 4.98 Å². The summed E-state index contributed by atoms with van der Waals surface area (Å²) in [6, 6.07) is 7.81. The van der Waals surface area contributed by atoms with Gasteiger partial charge in [0.25, 0.3) is 0 Å². The summed E-state index contributed by atoms with van der Waals surface area (Å²) in [4.78, 5) is 4.70. The van der Waals surface area contributed by atoms with Crippen LogP contribution >= 0.6 is 11.6 Å². The number of halogens is 1. The number of nitrogens with one attached hydrogen (secondary N) is 1. The first kappa shape index (κ1) is 11.8. The fourth-order valence-electron chi connectivity index (χ4n) is 2.46. The van der Waals surface area contributed by atoms with E-state index in [0.29, 0.717) is 0 Å². The molecule has 3 rings (SSSR count). The highest BCUT2D eigenvalue weighted by atomic mass is 35.5. The van der Waals surface area contributed by atoms with Gasteiger partial charge in [-0.15, -0.1) is 0 Å². The molecule has 1 aliphatic rings. The topological polar surface area (TPSA) is 34.2 Å². The highest BCUT2D eigenvalue weighted by Gasteiger charge is 2.33. The van der Waals surface area contributed by atoms with Gasteiger partial charge in [0.05, 0.1) is 16.9 Å². The van der Waals surface area contributed by atoms with E-state index >= 15 is 0 Å². The summed E-state index contributed by atoms with van der Waals surface area (Å²) in [6.45, 7) is 6.07. The van der Waals surface area contributed by atoms with Gasteiger partial charge in [-0.2, -0.15) is 0 Å². The molecule has 0 spiro atoms. The van der Waals surface area contributed by atoms with E-state index in [2.05, 4.69) is 11.4 Å². The van der Waals surface area contributed by atoms with Gasteiger partial charge in [0, 0.05) is 10.4 Å². The van der Waals surface area contributed by atoms with Gasteiger partial charge in [0.15, 0.2) is 0 Å². The average molecular weight is 263 g/mol. The van der Waals surface area contributed by atoms with Crippen molar-refractivity contribution in [3.63, 3.8) is 0 Å². The highest BCUT2D eigenvalue weighted by molar-refractivity contribution is 6.31. The Morgan fingerprint density at radius 3 is 2.89 bits per heavy atom. The van der Waals surface area contributed by atoms with Crippen molar-refractivity contribution < 1.29 is 4.74 Å². The summed E-state index contributed by atoms with van der Waals surface area (Å²) in [5.41, 5.74) is 2.52. The first-order chi connectivity index (χ1) is 8.45. The van der Waals surface area contributed by atoms with E-state index in [9.17, 15) is 0 Å². The molecular weight excluding hydrogens is 248 g/mol. The standard InChI is InChI=1S/C14H15ClN2O/c1-8-16-12-7-9-6-10(15)4-5-11(9)17-13(12)14(2,3)18-8/h4-8,16H,1-3H3. The van der Waals surface area contributed by atoms with Gasteiger partial charge >= 0.3 is 0 Å². The zero-order valence-corrected chi connectivity index (χ0v) is 11.4. The molecule has 3 nitrogen and oxygen atoms in total. The molecule has 1 aliphatic heterocycles. The number of anilines is 1. The molecule has 2 heterocycles. The van der Waals surface area contributed by atoms with E-state index < -0.39 is 0 Å². The highest BCUT2D eigenvalue weighted by Crippen LogP contribution is 2.37. The van der Waals surface area contributed by atoms with E-state index in [1.54, 1.807) is 0 Å². The number of fused-ring (bicyclic) bond motifs is 2. The number of aromatic nitrogens is 1. The minimum absolute atomic E-state index is 0.0223. The summed E-state index contributed by atoms with van der Waals surface area (Å²) in [5, 5.41) is 5.07. The smallest absolute Gasteiger partial charge is 0.126 e. The van der Waals surface area contributed by atoms with Crippen LogP contribution in [0.2, 0.25) is 5.02 Å². The molecule has 1 aromatic carbocycles. The lowest BCUT2D eigenvalue weighted by Crippen LogP contribution is -2.38. The number of hydrogen-bond acceptors (Lipinski definition) is 3. The van der Waals surface area contributed by atoms with Gasteiger partial charge in [-0.05, 0) is 45.0 Å². The monoisotopic (exact) mass is 262 g/mol. The Bertz CT molecular complexity index is 624. The molecule has 2 aromatic rings. The molecule has 0 fully saturated rings. The normalized spacial score (nSPS) is 21.4. The number of benzene rings is 1. The van der Waals surface area contributed by atoms with E-state index in [0.717, 1.165) is 27.3 Å². The first-order valence-electron chi connectivity index (χ1n) is 6.01. The number of rotatable bonds is 0. The third-order valence-corrected chi connectivity index (χ3v) is 3.41. The maximum atomic E-state index is 6.01. The van der Waals surface area contributed by atoms with Crippen molar-refractivity contribution in [1.29, 1.82) is 0 Å². The minimum Gasteiger partial charge on any atom is -0.359 e. The number of ether oxygens (including phenoxy) is 1. The van der Waals surface area contributed by atoms with Crippen LogP contribution in [0.1, 0.15) is 26.5 Å². The summed E-state index contributed by atoms with van der Waals surface area (Å²) < 4.78 is 5.87. The van der Waals surface area contributed by atoms with Gasteiger partial charge in [-0.25, -0.2) is 4.98 Å². The fourth-order valence-corrected chi connectivity index (χ4v) is 2.64. The second-order valence-electron chi connectivity index (χ2n) is 5.14. The maximum absolute atomic E-state index is 6.01. The molecule has 1 atom stereocenters. The molecule has 0 saturated carbocycles. The van der Waals surface area contributed by atoms with Gasteiger partial charge in [0.2, 0.25) is 0 Å². The Balaban J connectivity index is 2.26. The van der Waals surface area contributed by atoms with Gasteiger partial charge < -0.3 is 10.1 Å². The molecule has 1 unspecified atom stereocenters. The molecule has 0 radical (unpaired) electrons. The lowest BCUT2D eigenvalue weighted by atomic mass is 9.99. The second kappa shape index (κ2) is 3.84. The molecule has 4 heteroatoms. The molecule has 1 N–H and O–H groups in total. The third-order valence-electron chi connectivity index (χ3n) is 3.18. The Morgan fingerprint density at radius 2 is 2.11 bits per heavy atom. The molecule has 94 valence electrons. The molecule has 18 heavy (non-hydrogen) atoms. The van der Waals surface area contributed by atoms with Crippen LogP contribution in [-0.4, -0.2) is 11.2 Å². The van der Waals surface area contributed by atoms with Gasteiger partial charge in [-0.1, -0.05) is 11.6 Å². The third kappa shape index (κ3) is 1.84. The van der Waals surface area contributed by atoms with Crippen LogP contribution in [0.3, 0.4) is 0 Å². The lowest BCUT2D eigenvalue weighted by molar-refractivity contribution is -0.0660. The Kier molecular flexibility index (Phi) is 2.50. The quantitative estimate of drug-likeness (QED) is 0.782. The van der Waals surface area contributed by atoms with Crippen LogP contribution < -0.4 is 5.32 Å². The molecule has 0 amide bonds. The van der Waals surface area contributed by atoms with Crippen molar-refractivity contribution >= 4 is 28.2 Å². The van der Waals surface area contributed by atoms with Crippen molar-refractivity contribution in [2.45, 2.75) is 32.6 Å². The number of pyridine rings is 1. The predicted molar refractivity (Wildman–Crippen MR) is 73.9 cm³/mol. The molecule has 1 aromatic heterocycles. The van der Waals surface area contributed by atoms with Gasteiger partial charge in [-0.3, -0.25) is 0 Å². The summed E-state index contributed by atoms with van der Waals surface area (Å²) in [5.74, 6) is 0. The SMILES string of the molecule is CC1Nc2cc3cc(Cl)ccc3nc2C(C)(C)O1. The Morgan fingerprint density at radius 1 is 1.33 bits per heavy atom. The van der Waals surface area contributed by atoms with E-state index in [-0.39, 0.29) is 11.8 Å². The lowest BCUT2D eigenvalue weighted by Gasteiger charge is -2.36. The molecule has 0 bridgehead atoms. The summed E-state index contributed by atoms with van der Waals surface area (Å²) in [7, 11) is 0. The summed E-state index contributed by atoms with van der Waals surface area (Å²) in [6.07, 6.45) is -0.0223.